The topological polar surface area (TPSA) is 54.8 Å². The lowest BCUT2D eigenvalue weighted by Gasteiger charge is -2.14. The van der Waals surface area contributed by atoms with Gasteiger partial charge in [-0.3, -0.25) is 4.79 Å². The summed E-state index contributed by atoms with van der Waals surface area (Å²) >= 11 is 1.19. The molecule has 1 amide bonds. The number of amides is 1. The minimum absolute atomic E-state index is 0.209. The van der Waals surface area contributed by atoms with Crippen molar-refractivity contribution in [1.82, 2.24) is 4.98 Å². The maximum Gasteiger partial charge on any atom is 0.287 e. The third kappa shape index (κ3) is 4.69. The van der Waals surface area contributed by atoms with Crippen molar-refractivity contribution in [2.75, 3.05) is 11.6 Å². The van der Waals surface area contributed by atoms with Crippen LogP contribution in [0.3, 0.4) is 0 Å². The molecular formula is C23H18FN3O2S. The number of aromatic nitrogens is 1. The molecule has 4 rings (SSSR count). The first kappa shape index (κ1) is 19.7. The van der Waals surface area contributed by atoms with Gasteiger partial charge in [-0.1, -0.05) is 59.4 Å². The third-order valence-corrected chi connectivity index (χ3v) is 5.26. The van der Waals surface area contributed by atoms with Gasteiger partial charge in [0.2, 0.25) is 5.13 Å². The van der Waals surface area contributed by atoms with Crippen LogP contribution in [-0.2, 0) is 4.79 Å². The van der Waals surface area contributed by atoms with E-state index in [4.69, 9.17) is 4.74 Å². The molecule has 0 aliphatic rings. The molecule has 30 heavy (non-hydrogen) atoms. The first-order valence-corrected chi connectivity index (χ1v) is 10.1. The van der Waals surface area contributed by atoms with E-state index in [9.17, 15) is 9.18 Å². The van der Waals surface area contributed by atoms with Crippen molar-refractivity contribution in [3.63, 3.8) is 0 Å². The number of rotatable bonds is 6. The van der Waals surface area contributed by atoms with E-state index in [1.807, 2.05) is 49.4 Å². The second kappa shape index (κ2) is 8.84. The Labute approximate surface area is 177 Å². The lowest BCUT2D eigenvalue weighted by atomic mass is 10.2. The standard InChI is InChI=1S/C23H18FN3O2S/c1-16-7-9-17(10-8-16)14-25-27(22(28)15-29-19-5-3-2-4-6-19)23-26-20-12-11-18(24)13-21(20)30-23/h2-14H,15H2,1H3/b25-14+. The van der Waals surface area contributed by atoms with E-state index in [2.05, 4.69) is 10.1 Å². The Bertz CT molecular complexity index is 1190. The highest BCUT2D eigenvalue weighted by Crippen LogP contribution is 2.29. The minimum Gasteiger partial charge on any atom is -0.484 e. The quantitative estimate of drug-likeness (QED) is 0.319. The molecule has 0 aliphatic heterocycles. The summed E-state index contributed by atoms with van der Waals surface area (Å²) in [7, 11) is 0. The number of ether oxygens (including phenoxy) is 1. The van der Waals surface area contributed by atoms with Crippen LogP contribution in [0.4, 0.5) is 9.52 Å². The van der Waals surface area contributed by atoms with E-state index in [0.29, 0.717) is 21.1 Å². The summed E-state index contributed by atoms with van der Waals surface area (Å²) < 4.78 is 19.8. The molecule has 0 fully saturated rings. The maximum absolute atomic E-state index is 13.6. The summed E-state index contributed by atoms with van der Waals surface area (Å²) in [6, 6.07) is 21.1. The zero-order valence-corrected chi connectivity index (χ0v) is 17.0. The molecule has 0 bridgehead atoms. The molecule has 4 aromatic rings. The van der Waals surface area contributed by atoms with Gasteiger partial charge >= 0.3 is 0 Å². The largest absolute Gasteiger partial charge is 0.484 e. The van der Waals surface area contributed by atoms with Crippen LogP contribution in [0.5, 0.6) is 5.75 Å². The van der Waals surface area contributed by atoms with E-state index in [1.54, 1.807) is 24.4 Å². The van der Waals surface area contributed by atoms with Crippen molar-refractivity contribution in [3.8, 4) is 5.75 Å². The van der Waals surface area contributed by atoms with E-state index in [1.165, 1.54) is 28.5 Å². The molecule has 1 heterocycles. The first-order valence-electron chi connectivity index (χ1n) is 9.26. The fourth-order valence-corrected chi connectivity index (χ4v) is 3.66. The second-order valence-electron chi connectivity index (χ2n) is 6.57. The Kier molecular flexibility index (Phi) is 5.81. The Morgan fingerprint density at radius 1 is 1.13 bits per heavy atom. The minimum atomic E-state index is -0.387. The van der Waals surface area contributed by atoms with E-state index >= 15 is 0 Å². The van der Waals surface area contributed by atoms with Crippen LogP contribution in [0.25, 0.3) is 10.2 Å². The number of hydrazone groups is 1. The van der Waals surface area contributed by atoms with Crippen molar-refractivity contribution in [3.05, 3.63) is 89.7 Å². The molecule has 5 nitrogen and oxygen atoms in total. The number of hydrogen-bond acceptors (Lipinski definition) is 5. The van der Waals surface area contributed by atoms with E-state index in [0.717, 1.165) is 11.1 Å². The van der Waals surface area contributed by atoms with Crippen LogP contribution in [0.2, 0.25) is 0 Å². The normalized spacial score (nSPS) is 11.1. The number of halogens is 1. The number of thiazole rings is 1. The lowest BCUT2D eigenvalue weighted by molar-refractivity contribution is -0.120. The zero-order valence-electron chi connectivity index (χ0n) is 16.2. The number of hydrogen-bond donors (Lipinski definition) is 0. The van der Waals surface area contributed by atoms with Gasteiger partial charge in [0.25, 0.3) is 5.91 Å². The molecule has 0 unspecified atom stereocenters. The molecular weight excluding hydrogens is 401 g/mol. The predicted octanol–water partition coefficient (Wildman–Crippen LogP) is 5.19. The van der Waals surface area contributed by atoms with Gasteiger partial charge < -0.3 is 4.74 Å². The van der Waals surface area contributed by atoms with Crippen LogP contribution >= 0.6 is 11.3 Å². The lowest BCUT2D eigenvalue weighted by Crippen LogP contribution is -2.30. The summed E-state index contributed by atoms with van der Waals surface area (Å²) in [5.74, 6) is -0.160. The summed E-state index contributed by atoms with van der Waals surface area (Å²) in [4.78, 5) is 17.4. The molecule has 0 atom stereocenters. The number of nitrogens with zero attached hydrogens (tertiary/aromatic N) is 3. The van der Waals surface area contributed by atoms with Gasteiger partial charge in [0.15, 0.2) is 6.61 Å². The number of anilines is 1. The Balaban J connectivity index is 1.62. The molecule has 1 aromatic heterocycles. The highest BCUT2D eigenvalue weighted by Gasteiger charge is 2.20. The molecule has 0 N–H and O–H groups in total. The van der Waals surface area contributed by atoms with E-state index < -0.39 is 0 Å². The number of benzene rings is 3. The summed E-state index contributed by atoms with van der Waals surface area (Å²) in [5.41, 5.74) is 2.57. The highest BCUT2D eigenvalue weighted by molar-refractivity contribution is 7.22. The average molecular weight is 419 g/mol. The van der Waals surface area contributed by atoms with Crippen molar-refractivity contribution < 1.29 is 13.9 Å². The number of para-hydroxylation sites is 1. The highest BCUT2D eigenvalue weighted by atomic mass is 32.1. The van der Waals surface area contributed by atoms with Gasteiger partial charge in [-0.25, -0.2) is 9.37 Å². The van der Waals surface area contributed by atoms with Crippen LogP contribution < -0.4 is 9.75 Å². The van der Waals surface area contributed by atoms with Gasteiger partial charge in [0.05, 0.1) is 16.4 Å². The SMILES string of the molecule is Cc1ccc(/C=N/N(C(=O)COc2ccccc2)c2nc3ccc(F)cc3s2)cc1. The molecule has 7 heteroatoms. The van der Waals surface area contributed by atoms with Crippen LogP contribution in [0.15, 0.2) is 77.9 Å². The maximum atomic E-state index is 13.6. The predicted molar refractivity (Wildman–Crippen MR) is 118 cm³/mol. The van der Waals surface area contributed by atoms with E-state index in [-0.39, 0.29) is 18.3 Å². The molecule has 0 aliphatic carbocycles. The van der Waals surface area contributed by atoms with Gasteiger partial charge in [-0.2, -0.15) is 10.1 Å². The number of carbonyl (C=O) groups excluding carboxylic acids is 1. The average Bonchev–Trinajstić information content (AvgIpc) is 3.17. The van der Waals surface area contributed by atoms with Gasteiger partial charge in [0.1, 0.15) is 11.6 Å². The van der Waals surface area contributed by atoms with Crippen LogP contribution in [0, 0.1) is 12.7 Å². The summed E-state index contributed by atoms with van der Waals surface area (Å²) in [5, 5.41) is 5.90. The van der Waals surface area contributed by atoms with Crippen LogP contribution in [-0.4, -0.2) is 23.7 Å². The molecule has 0 spiro atoms. The third-order valence-electron chi connectivity index (χ3n) is 4.26. The van der Waals surface area contributed by atoms with Crippen molar-refractivity contribution in [2.45, 2.75) is 6.92 Å². The monoisotopic (exact) mass is 419 g/mol. The van der Waals surface area contributed by atoms with Gasteiger partial charge in [-0.05, 0) is 42.8 Å². The Morgan fingerprint density at radius 2 is 1.90 bits per heavy atom. The zero-order chi connectivity index (χ0) is 20.9. The number of carbonyl (C=O) groups is 1. The van der Waals surface area contributed by atoms with Crippen molar-refractivity contribution in [1.29, 1.82) is 0 Å². The van der Waals surface area contributed by atoms with Gasteiger partial charge in [-0.15, -0.1) is 0 Å². The number of fused-ring (bicyclic) bond motifs is 1. The molecule has 0 saturated heterocycles. The summed E-state index contributed by atoms with van der Waals surface area (Å²) in [6.07, 6.45) is 1.59. The number of aryl methyl sites for hydroxylation is 1. The summed E-state index contributed by atoms with van der Waals surface area (Å²) in [6.45, 7) is 1.79. The van der Waals surface area contributed by atoms with Gasteiger partial charge in [0, 0.05) is 0 Å². The Morgan fingerprint density at radius 3 is 2.67 bits per heavy atom. The molecule has 3 aromatic carbocycles. The molecule has 0 radical (unpaired) electrons. The molecule has 150 valence electrons. The fraction of sp³-hybridized carbons (Fsp3) is 0.0870. The van der Waals surface area contributed by atoms with Crippen molar-refractivity contribution >= 4 is 38.8 Å². The molecule has 0 saturated carbocycles. The fourth-order valence-electron chi connectivity index (χ4n) is 2.70. The van der Waals surface area contributed by atoms with Crippen molar-refractivity contribution in [2.24, 2.45) is 5.10 Å². The van der Waals surface area contributed by atoms with Crippen LogP contribution in [0.1, 0.15) is 11.1 Å². The first-order chi connectivity index (χ1) is 14.6. The second-order valence-corrected chi connectivity index (χ2v) is 7.58. The smallest absolute Gasteiger partial charge is 0.287 e. The Hall–Kier alpha value is -3.58.